The van der Waals surface area contributed by atoms with E-state index < -0.39 is 0 Å². The van der Waals surface area contributed by atoms with Crippen LogP contribution in [0, 0.1) is 0 Å². The van der Waals surface area contributed by atoms with Gasteiger partial charge in [-0.3, -0.25) is 9.59 Å². The van der Waals surface area contributed by atoms with Crippen molar-refractivity contribution in [1.29, 1.82) is 0 Å². The Morgan fingerprint density at radius 1 is 1.33 bits per heavy atom. The van der Waals surface area contributed by atoms with Gasteiger partial charge in [-0.15, -0.1) is 0 Å². The maximum Gasteiger partial charge on any atom is 0.253 e. The molecular formula is C15H23N3O3. The van der Waals surface area contributed by atoms with Crippen LogP contribution in [0.1, 0.15) is 30.1 Å². The Bertz CT molecular complexity index is 473. The number of para-hydroxylation sites is 1. The fourth-order valence-corrected chi connectivity index (χ4v) is 1.79. The molecule has 0 heterocycles. The molecule has 1 rings (SSSR count). The maximum absolute atomic E-state index is 12.0. The standard InChI is InChI=1S/C15H23N3O3/c1-3-8-17-15(20)12-6-4-5-7-13(12)18-14(19)9-11(10-16)21-2/h4-7,11H,3,8-10,16H2,1-2H3,(H,17,20)(H,18,19). The van der Waals surface area contributed by atoms with Crippen LogP contribution in [0.2, 0.25) is 0 Å². The summed E-state index contributed by atoms with van der Waals surface area (Å²) < 4.78 is 5.07. The van der Waals surface area contributed by atoms with Crippen molar-refractivity contribution in [3.8, 4) is 0 Å². The lowest BCUT2D eigenvalue weighted by Gasteiger charge is -2.14. The van der Waals surface area contributed by atoms with Crippen molar-refractivity contribution in [3.05, 3.63) is 29.8 Å². The SMILES string of the molecule is CCCNC(=O)c1ccccc1NC(=O)CC(CN)OC. The number of hydrogen-bond donors (Lipinski definition) is 3. The normalized spacial score (nSPS) is 11.8. The predicted molar refractivity (Wildman–Crippen MR) is 82.2 cm³/mol. The minimum absolute atomic E-state index is 0.151. The van der Waals surface area contributed by atoms with Gasteiger partial charge in [0.25, 0.3) is 5.91 Å². The Balaban J connectivity index is 2.74. The summed E-state index contributed by atoms with van der Waals surface area (Å²) in [5.74, 6) is -0.432. The highest BCUT2D eigenvalue weighted by Crippen LogP contribution is 2.15. The second-order valence-corrected chi connectivity index (χ2v) is 4.65. The van der Waals surface area contributed by atoms with Crippen molar-refractivity contribution in [2.75, 3.05) is 25.5 Å². The third-order valence-electron chi connectivity index (χ3n) is 2.99. The summed E-state index contributed by atoms with van der Waals surface area (Å²) in [4.78, 5) is 24.0. The molecule has 21 heavy (non-hydrogen) atoms. The Hall–Kier alpha value is -1.92. The van der Waals surface area contributed by atoms with Gasteiger partial charge in [-0.25, -0.2) is 0 Å². The molecule has 0 aliphatic rings. The van der Waals surface area contributed by atoms with E-state index in [0.29, 0.717) is 17.8 Å². The molecule has 6 heteroatoms. The van der Waals surface area contributed by atoms with E-state index in [1.165, 1.54) is 7.11 Å². The average Bonchev–Trinajstić information content (AvgIpc) is 2.50. The molecule has 0 saturated carbocycles. The van der Waals surface area contributed by atoms with Gasteiger partial charge in [0.2, 0.25) is 5.91 Å². The Morgan fingerprint density at radius 2 is 2.05 bits per heavy atom. The van der Waals surface area contributed by atoms with Gasteiger partial charge in [0.05, 0.1) is 23.8 Å². The first-order valence-corrected chi connectivity index (χ1v) is 7.02. The van der Waals surface area contributed by atoms with Crippen LogP contribution in [0.3, 0.4) is 0 Å². The van der Waals surface area contributed by atoms with Crippen LogP contribution in [0.4, 0.5) is 5.69 Å². The van der Waals surface area contributed by atoms with Crippen molar-refractivity contribution < 1.29 is 14.3 Å². The van der Waals surface area contributed by atoms with Crippen LogP contribution in [-0.4, -0.2) is 38.1 Å². The number of benzene rings is 1. The molecule has 4 N–H and O–H groups in total. The first-order valence-electron chi connectivity index (χ1n) is 7.02. The molecule has 2 amide bonds. The van der Waals surface area contributed by atoms with Crippen molar-refractivity contribution in [1.82, 2.24) is 5.32 Å². The second kappa shape index (κ2) is 9.10. The zero-order valence-corrected chi connectivity index (χ0v) is 12.5. The third-order valence-corrected chi connectivity index (χ3v) is 2.99. The molecule has 0 spiro atoms. The van der Waals surface area contributed by atoms with Crippen LogP contribution in [-0.2, 0) is 9.53 Å². The van der Waals surface area contributed by atoms with E-state index in [0.717, 1.165) is 6.42 Å². The first-order chi connectivity index (χ1) is 10.1. The van der Waals surface area contributed by atoms with E-state index in [-0.39, 0.29) is 30.9 Å². The van der Waals surface area contributed by atoms with E-state index in [1.807, 2.05) is 6.92 Å². The highest BCUT2D eigenvalue weighted by atomic mass is 16.5. The first kappa shape index (κ1) is 17.1. The number of carbonyl (C=O) groups excluding carboxylic acids is 2. The van der Waals surface area contributed by atoms with Crippen LogP contribution in [0.15, 0.2) is 24.3 Å². The third kappa shape index (κ3) is 5.53. The maximum atomic E-state index is 12.0. The van der Waals surface area contributed by atoms with Gasteiger partial charge in [0.15, 0.2) is 0 Å². The number of nitrogens with two attached hydrogens (primary N) is 1. The van der Waals surface area contributed by atoms with E-state index >= 15 is 0 Å². The molecule has 0 aliphatic heterocycles. The lowest BCUT2D eigenvalue weighted by molar-refractivity contribution is -0.118. The molecule has 6 nitrogen and oxygen atoms in total. The number of anilines is 1. The number of carbonyl (C=O) groups is 2. The van der Waals surface area contributed by atoms with Crippen molar-refractivity contribution >= 4 is 17.5 Å². The van der Waals surface area contributed by atoms with Gasteiger partial charge in [-0.2, -0.15) is 0 Å². The topological polar surface area (TPSA) is 93.5 Å². The molecule has 0 fully saturated rings. The van der Waals surface area contributed by atoms with Crippen LogP contribution < -0.4 is 16.4 Å². The van der Waals surface area contributed by atoms with E-state index in [4.69, 9.17) is 10.5 Å². The summed E-state index contributed by atoms with van der Waals surface area (Å²) in [6.45, 7) is 2.84. The molecular weight excluding hydrogens is 270 g/mol. The summed E-state index contributed by atoms with van der Waals surface area (Å²) in [7, 11) is 1.51. The minimum Gasteiger partial charge on any atom is -0.380 e. The van der Waals surface area contributed by atoms with Gasteiger partial charge in [-0.05, 0) is 18.6 Å². The van der Waals surface area contributed by atoms with E-state index in [1.54, 1.807) is 24.3 Å². The summed E-state index contributed by atoms with van der Waals surface area (Å²) >= 11 is 0. The zero-order valence-electron chi connectivity index (χ0n) is 12.5. The lowest BCUT2D eigenvalue weighted by atomic mass is 10.1. The second-order valence-electron chi connectivity index (χ2n) is 4.65. The lowest BCUT2D eigenvalue weighted by Crippen LogP contribution is -2.29. The molecule has 1 aromatic carbocycles. The number of nitrogens with one attached hydrogen (secondary N) is 2. The van der Waals surface area contributed by atoms with Gasteiger partial charge >= 0.3 is 0 Å². The zero-order chi connectivity index (χ0) is 15.7. The Labute approximate surface area is 125 Å². The van der Waals surface area contributed by atoms with Crippen molar-refractivity contribution in [2.45, 2.75) is 25.9 Å². The summed E-state index contributed by atoms with van der Waals surface area (Å²) in [5.41, 5.74) is 6.42. The highest BCUT2D eigenvalue weighted by molar-refractivity contribution is 6.03. The number of methoxy groups -OCH3 is 1. The fourth-order valence-electron chi connectivity index (χ4n) is 1.79. The quantitative estimate of drug-likeness (QED) is 0.670. The number of rotatable bonds is 8. The molecule has 0 aromatic heterocycles. The number of amides is 2. The summed E-state index contributed by atoms with van der Waals surface area (Å²) in [5, 5.41) is 5.52. The van der Waals surface area contributed by atoms with Gasteiger partial charge < -0.3 is 21.1 Å². The summed E-state index contributed by atoms with van der Waals surface area (Å²) in [6, 6.07) is 6.90. The average molecular weight is 293 g/mol. The molecule has 0 aliphatic carbocycles. The van der Waals surface area contributed by atoms with Gasteiger partial charge in [-0.1, -0.05) is 19.1 Å². The van der Waals surface area contributed by atoms with E-state index in [2.05, 4.69) is 10.6 Å². The molecule has 0 bridgehead atoms. The van der Waals surface area contributed by atoms with Gasteiger partial charge in [0, 0.05) is 20.2 Å². The molecule has 1 unspecified atom stereocenters. The molecule has 0 radical (unpaired) electrons. The van der Waals surface area contributed by atoms with Crippen molar-refractivity contribution in [3.63, 3.8) is 0 Å². The fraction of sp³-hybridized carbons (Fsp3) is 0.467. The van der Waals surface area contributed by atoms with Gasteiger partial charge in [0.1, 0.15) is 0 Å². The number of ether oxygens (including phenoxy) is 1. The van der Waals surface area contributed by atoms with Crippen molar-refractivity contribution in [2.24, 2.45) is 5.73 Å². The molecule has 116 valence electrons. The molecule has 1 aromatic rings. The predicted octanol–water partition coefficient (Wildman–Crippen LogP) is 1.13. The number of hydrogen-bond acceptors (Lipinski definition) is 4. The van der Waals surface area contributed by atoms with Crippen LogP contribution in [0.5, 0.6) is 0 Å². The summed E-state index contributed by atoms with van der Waals surface area (Å²) in [6.07, 6.45) is 0.676. The van der Waals surface area contributed by atoms with E-state index in [9.17, 15) is 9.59 Å². The monoisotopic (exact) mass is 293 g/mol. The smallest absolute Gasteiger partial charge is 0.253 e. The van der Waals surface area contributed by atoms with Crippen LogP contribution >= 0.6 is 0 Å². The highest BCUT2D eigenvalue weighted by Gasteiger charge is 2.15. The Kier molecular flexibility index (Phi) is 7.42. The molecule has 1 atom stereocenters. The minimum atomic E-state index is -0.328. The molecule has 0 saturated heterocycles. The Morgan fingerprint density at radius 3 is 2.67 bits per heavy atom. The van der Waals surface area contributed by atoms with Crippen LogP contribution in [0.25, 0.3) is 0 Å². The largest absolute Gasteiger partial charge is 0.380 e.